The summed E-state index contributed by atoms with van der Waals surface area (Å²) in [5.41, 5.74) is 7.99. The van der Waals surface area contributed by atoms with E-state index in [9.17, 15) is 29.7 Å². The first-order valence-corrected chi connectivity index (χ1v) is 53.6. The van der Waals surface area contributed by atoms with Crippen molar-refractivity contribution in [3.63, 3.8) is 0 Å². The summed E-state index contributed by atoms with van der Waals surface area (Å²) in [6.45, 7) is 38.0. The van der Waals surface area contributed by atoms with Crippen LogP contribution in [0.4, 0.5) is 0 Å². The van der Waals surface area contributed by atoms with E-state index < -0.39 is 0 Å². The Morgan fingerprint density at radius 3 is 0.877 bits per heavy atom. The van der Waals surface area contributed by atoms with Crippen molar-refractivity contribution in [2.45, 2.75) is 278 Å². The maximum absolute atomic E-state index is 13.3. The molecule has 0 aliphatic carbocycles. The van der Waals surface area contributed by atoms with E-state index in [4.69, 9.17) is 63.3 Å². The molecule has 0 aliphatic heterocycles. The van der Waals surface area contributed by atoms with Gasteiger partial charge in [0.1, 0.15) is 34.5 Å². The second-order valence-electron chi connectivity index (χ2n) is 43.2. The first kappa shape index (κ1) is 115. The fourth-order valence-corrected chi connectivity index (χ4v) is 18.8. The Hall–Kier alpha value is -12.8. The zero-order valence-electron chi connectivity index (χ0n) is 90.5. The van der Waals surface area contributed by atoms with E-state index in [1.165, 1.54) is 134 Å². The molecule has 3 N–H and O–H groups in total. The van der Waals surface area contributed by atoms with Crippen molar-refractivity contribution in [2.24, 2.45) is 64.1 Å². The highest BCUT2D eigenvalue weighted by molar-refractivity contribution is 5.91. The minimum atomic E-state index is -0.332. The van der Waals surface area contributed by atoms with Crippen LogP contribution in [0.2, 0.25) is 0 Å². The Labute approximate surface area is 870 Å². The summed E-state index contributed by atoms with van der Waals surface area (Å²) in [5.74, 6) is 9.10. The Morgan fingerprint density at radius 1 is 0.281 bits per heavy atom. The van der Waals surface area contributed by atoms with E-state index in [0.717, 1.165) is 85.1 Å². The van der Waals surface area contributed by atoms with E-state index >= 15 is 0 Å². The number of aromatic nitrogens is 9. The summed E-state index contributed by atoms with van der Waals surface area (Å²) in [6.07, 6.45) is 31.6. The van der Waals surface area contributed by atoms with E-state index in [0.29, 0.717) is 181 Å². The molecule has 12 rings (SSSR count). The minimum absolute atomic E-state index is 0.00221. The third-order valence-electron chi connectivity index (χ3n) is 27.2. The standard InChI is InChI=1S/C43H57N3O4.2C41H53N3O4/c1-29(2)13-11-15-31(5)19-20-36(32(6)16-12-14-30(3)4)28-50-43(48)35-23-21-34(22-24-35)41-44-40(33-17-9-8-10-18-33)45-42(46-41)38-26-25-37(49-7)27-39(38)47;1-27(24-40(3,4)5)15-16-32(28(2)25-41(6,7)8)26-48-39(46)31-19-17-30(18-20-31)37-42-36(29-13-11-10-12-14-29)43-38(44-37)34-22-21-33(47-9)23-35(34)45;1-4-6-8-10-11-13-16-20-31(19-15-12-9-7-5-2)30-48-41(46)34-25-23-33(24-26-34)39-42-38(32-21-17-14-18-22-32)43-40(44-39)36-28-27-35(47-3)29-37(36)45/h8-10,17-18,21-27,29-32,36,47H,11-16,19-20,28H2,1-7H3;10-14,17-23,27-28,32,45H,15-16,24-26H2,1-9H3;14,17-18,21-29,31,45H,4-13,15-16,19-20,30H2,1-3H3. The molecule has 0 saturated heterocycles. The Bertz CT molecular complexity index is 5930. The smallest absolute Gasteiger partial charge is 0.338 e. The van der Waals surface area contributed by atoms with Crippen molar-refractivity contribution >= 4 is 17.9 Å². The van der Waals surface area contributed by atoms with Gasteiger partial charge in [-0.15, -0.1) is 0 Å². The van der Waals surface area contributed by atoms with Crippen LogP contribution in [0, 0.1) is 64.1 Å². The molecule has 0 aliphatic rings. The molecule has 7 unspecified atom stereocenters. The van der Waals surface area contributed by atoms with Crippen molar-refractivity contribution in [1.82, 2.24) is 44.9 Å². The number of ether oxygens (including phenoxy) is 6. The van der Waals surface area contributed by atoms with Gasteiger partial charge in [0.2, 0.25) is 0 Å². The maximum atomic E-state index is 13.3. The molecule has 21 heteroatoms. The highest BCUT2D eigenvalue weighted by Crippen LogP contribution is 2.41. The number of carbonyl (C=O) groups excluding carboxylic acids is 3. The van der Waals surface area contributed by atoms with E-state index in [-0.39, 0.29) is 40.6 Å². The van der Waals surface area contributed by atoms with E-state index in [2.05, 4.69) is 121 Å². The second kappa shape index (κ2) is 59.1. The van der Waals surface area contributed by atoms with Crippen LogP contribution in [0.3, 0.4) is 0 Å². The van der Waals surface area contributed by atoms with E-state index in [1.54, 1.807) is 94.1 Å². The molecule has 0 amide bonds. The van der Waals surface area contributed by atoms with Gasteiger partial charge in [0.25, 0.3) is 0 Å². The number of phenolic OH excluding ortho intramolecular Hbond substituents is 3. The SMILES string of the molecule is CCCCCCCCCC(CCCCCCC)COC(=O)c1ccc(-c2nc(-c3ccccc3)nc(-c3ccc(OC)cc3O)n2)cc1.COc1ccc(-c2nc(-c3ccccc3)nc(-c3ccc(C(=O)OCC(CCC(C)CC(C)(C)C)C(C)CC(C)(C)C)cc3)n2)c(O)c1.COc1ccc(-c2nc(-c3ccccc3)nc(-c3ccc(C(=O)OCC(CCC(C)CCCC(C)C)C(C)CCCC(C)C)cc3)n2)c(O)c1. The zero-order valence-corrected chi connectivity index (χ0v) is 90.5. The van der Waals surface area contributed by atoms with Gasteiger partial charge >= 0.3 is 17.9 Å². The van der Waals surface area contributed by atoms with Crippen LogP contribution in [0.15, 0.2) is 218 Å². The third kappa shape index (κ3) is 38.2. The quantitative estimate of drug-likeness (QED) is 0.0181. The summed E-state index contributed by atoms with van der Waals surface area (Å²) in [4.78, 5) is 82.3. The lowest BCUT2D eigenvalue weighted by molar-refractivity contribution is 0.0352. The predicted octanol–water partition coefficient (Wildman–Crippen LogP) is 32.2. The molecule has 9 aromatic carbocycles. The van der Waals surface area contributed by atoms with E-state index in [1.807, 2.05) is 127 Å². The monoisotopic (exact) mass is 1980 g/mol. The number of aromatic hydroxyl groups is 3. The molecule has 0 saturated carbocycles. The highest BCUT2D eigenvalue weighted by Gasteiger charge is 2.29. The number of rotatable bonds is 53. The molecule has 780 valence electrons. The van der Waals surface area contributed by atoms with Crippen molar-refractivity contribution in [1.29, 1.82) is 0 Å². The molecule has 7 atom stereocenters. The first-order chi connectivity index (χ1) is 70.2. The lowest BCUT2D eigenvalue weighted by atomic mass is 9.76. The van der Waals surface area contributed by atoms with Crippen molar-refractivity contribution < 1.29 is 58.1 Å². The summed E-state index contributed by atoms with van der Waals surface area (Å²) < 4.78 is 33.6. The normalized spacial score (nSPS) is 13.0. The summed E-state index contributed by atoms with van der Waals surface area (Å²) in [7, 11) is 4.64. The molecule has 12 aromatic rings. The van der Waals surface area contributed by atoms with Crippen molar-refractivity contribution in [3.8, 4) is 137 Å². The highest BCUT2D eigenvalue weighted by atomic mass is 16.5. The van der Waals surface area contributed by atoms with Gasteiger partial charge in [-0.1, -0.05) is 367 Å². The molecule has 0 spiro atoms. The van der Waals surface area contributed by atoms with Crippen LogP contribution < -0.4 is 14.2 Å². The summed E-state index contributed by atoms with van der Waals surface area (Å²) >= 11 is 0. The average Bonchev–Trinajstić information content (AvgIpc) is 0.797. The van der Waals surface area contributed by atoms with Gasteiger partial charge < -0.3 is 43.7 Å². The molecule has 0 fully saturated rings. The second-order valence-corrected chi connectivity index (χ2v) is 43.2. The van der Waals surface area contributed by atoms with Crippen LogP contribution in [0.1, 0.15) is 309 Å². The fourth-order valence-electron chi connectivity index (χ4n) is 18.8. The van der Waals surface area contributed by atoms with Crippen LogP contribution in [-0.2, 0) is 14.2 Å². The molecule has 0 bridgehead atoms. The number of methoxy groups -OCH3 is 3. The number of carbonyl (C=O) groups is 3. The molecule has 146 heavy (non-hydrogen) atoms. The Morgan fingerprint density at radius 2 is 0.568 bits per heavy atom. The van der Waals surface area contributed by atoms with Crippen LogP contribution in [0.25, 0.3) is 102 Å². The predicted molar refractivity (Wildman–Crippen MR) is 591 cm³/mol. The van der Waals surface area contributed by atoms with Gasteiger partial charge in [-0.05, 0) is 175 Å². The van der Waals surface area contributed by atoms with Crippen LogP contribution >= 0.6 is 0 Å². The number of hydrogen-bond acceptors (Lipinski definition) is 21. The van der Waals surface area contributed by atoms with Gasteiger partial charge in [-0.2, -0.15) is 0 Å². The minimum Gasteiger partial charge on any atom is -0.507 e. The van der Waals surface area contributed by atoms with Crippen LogP contribution in [-0.4, -0.2) is 119 Å². The molecular weight excluding hydrogens is 1820 g/mol. The lowest BCUT2D eigenvalue weighted by Crippen LogP contribution is -2.25. The first-order valence-electron chi connectivity index (χ1n) is 53.6. The number of unbranched alkanes of at least 4 members (excludes halogenated alkanes) is 10. The Balaban J connectivity index is 0.000000224. The van der Waals surface area contributed by atoms with Gasteiger partial charge in [0.05, 0.1) is 74.5 Å². The van der Waals surface area contributed by atoms with Crippen molar-refractivity contribution in [3.05, 3.63) is 235 Å². The molecule has 3 aromatic heterocycles. The van der Waals surface area contributed by atoms with Gasteiger partial charge in [0.15, 0.2) is 52.4 Å². The lowest BCUT2D eigenvalue weighted by Gasteiger charge is -2.31. The van der Waals surface area contributed by atoms with Gasteiger partial charge in [-0.3, -0.25) is 0 Å². The average molecular weight is 1980 g/mol. The molecule has 3 heterocycles. The number of phenols is 3. The van der Waals surface area contributed by atoms with Crippen LogP contribution in [0.5, 0.6) is 34.5 Å². The molecular formula is C125H163N9O12. The maximum Gasteiger partial charge on any atom is 0.338 e. The number of nitrogens with zero attached hydrogens (tertiary/aromatic N) is 9. The molecule has 0 radical (unpaired) electrons. The number of hydrogen-bond donors (Lipinski definition) is 3. The van der Waals surface area contributed by atoms with Gasteiger partial charge in [0, 0.05) is 51.6 Å². The fraction of sp³-hybridized carbons (Fsp3) is 0.472. The largest absolute Gasteiger partial charge is 0.507 e. The molecule has 21 nitrogen and oxygen atoms in total. The zero-order chi connectivity index (χ0) is 105. The van der Waals surface area contributed by atoms with Crippen molar-refractivity contribution in [2.75, 3.05) is 41.2 Å². The topological polar surface area (TPSA) is 283 Å². The summed E-state index contributed by atoms with van der Waals surface area (Å²) in [5, 5.41) is 32.3. The summed E-state index contributed by atoms with van der Waals surface area (Å²) in [6, 6.07) is 65.6. The third-order valence-corrected chi connectivity index (χ3v) is 27.2. The number of esters is 3. The Kier molecular flexibility index (Phi) is 46.6. The number of benzene rings is 9. The van der Waals surface area contributed by atoms with Gasteiger partial charge in [-0.25, -0.2) is 59.2 Å².